The van der Waals surface area contributed by atoms with Crippen LogP contribution in [0.4, 0.5) is 20.2 Å². The van der Waals surface area contributed by atoms with E-state index in [-0.39, 0.29) is 30.0 Å². The molecule has 0 aliphatic carbocycles. The Bertz CT molecular complexity index is 924. The number of hydrogen-bond acceptors (Lipinski definition) is 3. The third-order valence-electron chi connectivity index (χ3n) is 5.58. The molecule has 2 heterocycles. The Balaban J connectivity index is 0.00000272. The summed E-state index contributed by atoms with van der Waals surface area (Å²) in [5.41, 5.74) is 2.84. The molecule has 2 aromatic rings. The van der Waals surface area contributed by atoms with Gasteiger partial charge in [0, 0.05) is 57.6 Å². The molecule has 0 radical (unpaired) electrons. The fraction of sp³-hybridized carbons (Fsp3) is 0.348. The molecule has 0 saturated carbocycles. The SMILES string of the molecule is CN=C(NCc1ccc(N2CC=CC2)cc1)NC1CCN(c2ccc(F)cc2F)C1.I. The van der Waals surface area contributed by atoms with E-state index in [0.717, 1.165) is 25.6 Å². The normalized spacial score (nSPS) is 18.3. The van der Waals surface area contributed by atoms with Gasteiger partial charge in [0.15, 0.2) is 5.96 Å². The maximum atomic E-state index is 14.0. The first-order chi connectivity index (χ1) is 14.6. The van der Waals surface area contributed by atoms with Crippen molar-refractivity contribution in [1.82, 2.24) is 10.6 Å². The highest BCUT2D eigenvalue weighted by Crippen LogP contribution is 2.24. The van der Waals surface area contributed by atoms with Gasteiger partial charge in [0.2, 0.25) is 0 Å². The van der Waals surface area contributed by atoms with Gasteiger partial charge in [0.05, 0.1) is 5.69 Å². The minimum Gasteiger partial charge on any atom is -0.367 e. The van der Waals surface area contributed by atoms with Crippen molar-refractivity contribution in [1.29, 1.82) is 0 Å². The van der Waals surface area contributed by atoms with Crippen LogP contribution in [0.3, 0.4) is 0 Å². The topological polar surface area (TPSA) is 42.9 Å². The van der Waals surface area contributed by atoms with Crippen LogP contribution >= 0.6 is 24.0 Å². The second-order valence-electron chi connectivity index (χ2n) is 7.64. The molecular formula is C23H28F2IN5. The lowest BCUT2D eigenvalue weighted by molar-refractivity contribution is 0.580. The molecule has 0 aromatic heterocycles. The first-order valence-electron chi connectivity index (χ1n) is 10.3. The third kappa shape index (κ3) is 5.87. The van der Waals surface area contributed by atoms with Crippen LogP contribution in [-0.4, -0.2) is 45.2 Å². The Morgan fingerprint density at radius 1 is 1.06 bits per heavy atom. The first kappa shape index (κ1) is 23.3. The molecule has 1 saturated heterocycles. The summed E-state index contributed by atoms with van der Waals surface area (Å²) in [6.45, 7) is 3.95. The van der Waals surface area contributed by atoms with Crippen molar-refractivity contribution < 1.29 is 8.78 Å². The minimum atomic E-state index is -0.556. The number of aliphatic imine (C=N–C) groups is 1. The summed E-state index contributed by atoms with van der Waals surface area (Å²) in [6, 6.07) is 12.4. The zero-order valence-corrected chi connectivity index (χ0v) is 19.9. The van der Waals surface area contributed by atoms with Crippen LogP contribution in [0.1, 0.15) is 12.0 Å². The highest BCUT2D eigenvalue weighted by molar-refractivity contribution is 14.0. The molecule has 1 unspecified atom stereocenters. The van der Waals surface area contributed by atoms with E-state index in [2.05, 4.69) is 56.9 Å². The number of nitrogens with zero attached hydrogens (tertiary/aromatic N) is 3. The zero-order chi connectivity index (χ0) is 20.9. The monoisotopic (exact) mass is 539 g/mol. The van der Waals surface area contributed by atoms with Crippen LogP contribution in [0.2, 0.25) is 0 Å². The van der Waals surface area contributed by atoms with E-state index in [0.29, 0.717) is 31.3 Å². The molecule has 1 fully saturated rings. The lowest BCUT2D eigenvalue weighted by Gasteiger charge is -2.21. The number of hydrogen-bond donors (Lipinski definition) is 2. The van der Waals surface area contributed by atoms with Gasteiger partial charge in [-0.1, -0.05) is 24.3 Å². The fourth-order valence-electron chi connectivity index (χ4n) is 3.92. The Kier molecular flexibility index (Phi) is 8.11. The van der Waals surface area contributed by atoms with E-state index >= 15 is 0 Å². The van der Waals surface area contributed by atoms with Crippen LogP contribution < -0.4 is 20.4 Å². The van der Waals surface area contributed by atoms with E-state index in [1.807, 2.05) is 4.90 Å². The largest absolute Gasteiger partial charge is 0.367 e. The summed E-state index contributed by atoms with van der Waals surface area (Å²) in [5.74, 6) is -0.361. The molecule has 0 spiro atoms. The average molecular weight is 539 g/mol. The Labute approximate surface area is 199 Å². The van der Waals surface area contributed by atoms with E-state index < -0.39 is 11.6 Å². The molecular weight excluding hydrogens is 511 g/mol. The average Bonchev–Trinajstić information content (AvgIpc) is 3.44. The molecule has 1 atom stereocenters. The van der Waals surface area contributed by atoms with Gasteiger partial charge in [-0.2, -0.15) is 0 Å². The van der Waals surface area contributed by atoms with Crippen LogP contribution in [0.15, 0.2) is 59.6 Å². The molecule has 2 aliphatic rings. The van der Waals surface area contributed by atoms with Gasteiger partial charge < -0.3 is 20.4 Å². The van der Waals surface area contributed by atoms with Crippen LogP contribution in [0, 0.1) is 11.6 Å². The van der Waals surface area contributed by atoms with E-state index in [9.17, 15) is 8.78 Å². The summed E-state index contributed by atoms with van der Waals surface area (Å²) in [4.78, 5) is 8.56. The number of guanidine groups is 1. The molecule has 2 aliphatic heterocycles. The summed E-state index contributed by atoms with van der Waals surface area (Å²) in [5, 5.41) is 6.75. The van der Waals surface area contributed by atoms with Gasteiger partial charge in [0.25, 0.3) is 0 Å². The fourth-order valence-corrected chi connectivity index (χ4v) is 3.92. The summed E-state index contributed by atoms with van der Waals surface area (Å²) in [7, 11) is 1.74. The van der Waals surface area contributed by atoms with Crippen molar-refractivity contribution >= 4 is 41.3 Å². The van der Waals surface area contributed by atoms with E-state index in [1.165, 1.54) is 23.4 Å². The molecule has 31 heavy (non-hydrogen) atoms. The van der Waals surface area contributed by atoms with Gasteiger partial charge in [-0.05, 0) is 36.2 Å². The summed E-state index contributed by atoms with van der Waals surface area (Å²) < 4.78 is 27.2. The first-order valence-corrected chi connectivity index (χ1v) is 10.3. The van der Waals surface area contributed by atoms with Crippen molar-refractivity contribution in [2.45, 2.75) is 19.0 Å². The summed E-state index contributed by atoms with van der Waals surface area (Å²) >= 11 is 0. The van der Waals surface area contributed by atoms with Gasteiger partial charge in [-0.15, -0.1) is 24.0 Å². The molecule has 8 heteroatoms. The molecule has 5 nitrogen and oxygen atoms in total. The molecule has 0 amide bonds. The standard InChI is InChI=1S/C23H27F2N5.HI/c1-26-23(27-15-17-4-7-20(8-5-17)29-11-2-3-12-29)28-19-10-13-30(16-19)22-9-6-18(24)14-21(22)25;/h2-9,14,19H,10-13,15-16H2,1H3,(H2,26,27,28);1H. The molecule has 4 rings (SSSR count). The van der Waals surface area contributed by atoms with Crippen LogP contribution in [-0.2, 0) is 6.54 Å². The Morgan fingerprint density at radius 2 is 1.81 bits per heavy atom. The number of nitrogens with one attached hydrogen (secondary N) is 2. The maximum Gasteiger partial charge on any atom is 0.191 e. The Hall–Kier alpha value is -2.36. The van der Waals surface area contributed by atoms with Crippen molar-refractivity contribution in [3.8, 4) is 0 Å². The molecule has 2 N–H and O–H groups in total. The minimum absolute atomic E-state index is 0. The van der Waals surface area contributed by atoms with Crippen LogP contribution in [0.5, 0.6) is 0 Å². The number of anilines is 2. The van der Waals surface area contributed by atoms with E-state index in [1.54, 1.807) is 7.05 Å². The summed E-state index contributed by atoms with van der Waals surface area (Å²) in [6.07, 6.45) is 5.22. The predicted molar refractivity (Wildman–Crippen MR) is 134 cm³/mol. The third-order valence-corrected chi connectivity index (χ3v) is 5.58. The number of rotatable bonds is 5. The predicted octanol–water partition coefficient (Wildman–Crippen LogP) is 3.90. The van der Waals surface area contributed by atoms with Crippen molar-refractivity contribution in [3.05, 3.63) is 71.8 Å². The Morgan fingerprint density at radius 3 is 2.48 bits per heavy atom. The quantitative estimate of drug-likeness (QED) is 0.262. The van der Waals surface area contributed by atoms with Crippen molar-refractivity contribution in [2.24, 2.45) is 4.99 Å². The maximum absolute atomic E-state index is 14.0. The molecule has 0 bridgehead atoms. The van der Waals surface area contributed by atoms with E-state index in [4.69, 9.17) is 0 Å². The van der Waals surface area contributed by atoms with Gasteiger partial charge >= 0.3 is 0 Å². The smallest absolute Gasteiger partial charge is 0.191 e. The van der Waals surface area contributed by atoms with Crippen molar-refractivity contribution in [3.63, 3.8) is 0 Å². The lowest BCUT2D eigenvalue weighted by Crippen LogP contribution is -2.44. The highest BCUT2D eigenvalue weighted by Gasteiger charge is 2.25. The van der Waals surface area contributed by atoms with Gasteiger partial charge in [-0.3, -0.25) is 4.99 Å². The van der Waals surface area contributed by atoms with Crippen molar-refractivity contribution in [2.75, 3.05) is 43.0 Å². The van der Waals surface area contributed by atoms with Gasteiger partial charge in [0.1, 0.15) is 11.6 Å². The van der Waals surface area contributed by atoms with Gasteiger partial charge in [-0.25, -0.2) is 8.78 Å². The second-order valence-corrected chi connectivity index (χ2v) is 7.64. The number of halogens is 3. The number of benzene rings is 2. The lowest BCUT2D eigenvalue weighted by atomic mass is 10.2. The zero-order valence-electron chi connectivity index (χ0n) is 17.5. The highest BCUT2D eigenvalue weighted by atomic mass is 127. The van der Waals surface area contributed by atoms with Crippen LogP contribution in [0.25, 0.3) is 0 Å². The second kappa shape index (κ2) is 10.8. The molecule has 2 aromatic carbocycles. The molecule has 166 valence electrons.